The highest BCUT2D eigenvalue weighted by Crippen LogP contribution is 2.40. The zero-order valence-electron chi connectivity index (χ0n) is 9.08. The molecule has 14 heavy (non-hydrogen) atoms. The molecule has 0 aromatic heterocycles. The third-order valence-electron chi connectivity index (χ3n) is 3.41. The van der Waals surface area contributed by atoms with Gasteiger partial charge in [-0.05, 0) is 19.8 Å². The van der Waals surface area contributed by atoms with Crippen LogP contribution in [0, 0.1) is 5.41 Å². The highest BCUT2D eigenvalue weighted by molar-refractivity contribution is 4.98. The van der Waals surface area contributed by atoms with E-state index in [0.29, 0.717) is 26.4 Å². The minimum absolute atomic E-state index is 0.249. The van der Waals surface area contributed by atoms with Gasteiger partial charge in [0.05, 0.1) is 12.2 Å². The number of hydrogen-bond acceptors (Lipinski definition) is 4. The second-order valence-corrected chi connectivity index (χ2v) is 4.30. The molecular weight excluding hydrogens is 182 g/mol. The van der Waals surface area contributed by atoms with Crippen LogP contribution in [0.5, 0.6) is 0 Å². The molecule has 1 heterocycles. The average Bonchev–Trinajstić information content (AvgIpc) is 2.18. The van der Waals surface area contributed by atoms with Crippen LogP contribution >= 0.6 is 0 Å². The highest BCUT2D eigenvalue weighted by Gasteiger charge is 2.46. The maximum absolute atomic E-state index is 10.3. The number of rotatable bonds is 4. The first-order valence-corrected chi connectivity index (χ1v) is 5.07. The Morgan fingerprint density at radius 2 is 2.07 bits per heavy atom. The summed E-state index contributed by atoms with van der Waals surface area (Å²) < 4.78 is 10.3. The quantitative estimate of drug-likeness (QED) is 0.682. The van der Waals surface area contributed by atoms with E-state index >= 15 is 0 Å². The Morgan fingerprint density at radius 3 is 2.50 bits per heavy atom. The number of hydrogen-bond donors (Lipinski definition) is 2. The van der Waals surface area contributed by atoms with E-state index in [1.807, 2.05) is 0 Å². The molecule has 0 spiro atoms. The van der Waals surface area contributed by atoms with Crippen LogP contribution in [0.3, 0.4) is 0 Å². The molecule has 0 saturated carbocycles. The van der Waals surface area contributed by atoms with Gasteiger partial charge in [0.25, 0.3) is 0 Å². The molecule has 0 aromatic carbocycles. The summed E-state index contributed by atoms with van der Waals surface area (Å²) in [5, 5.41) is 10.3. The van der Waals surface area contributed by atoms with Gasteiger partial charge < -0.3 is 20.3 Å². The van der Waals surface area contributed by atoms with Crippen molar-refractivity contribution in [1.82, 2.24) is 0 Å². The Bertz CT molecular complexity index is 176. The van der Waals surface area contributed by atoms with E-state index in [-0.39, 0.29) is 5.41 Å². The van der Waals surface area contributed by atoms with E-state index in [1.165, 1.54) is 0 Å². The first kappa shape index (κ1) is 11.9. The maximum Gasteiger partial charge on any atom is 0.0921 e. The Kier molecular flexibility index (Phi) is 3.89. The zero-order valence-corrected chi connectivity index (χ0v) is 9.08. The summed E-state index contributed by atoms with van der Waals surface area (Å²) >= 11 is 0. The topological polar surface area (TPSA) is 64.7 Å². The Hall–Kier alpha value is -0.160. The van der Waals surface area contributed by atoms with Gasteiger partial charge in [-0.2, -0.15) is 0 Å². The van der Waals surface area contributed by atoms with Crippen LogP contribution in [0.2, 0.25) is 0 Å². The van der Waals surface area contributed by atoms with Crippen LogP contribution in [-0.4, -0.2) is 44.2 Å². The Labute approximate surface area is 85.4 Å². The first-order valence-electron chi connectivity index (χ1n) is 5.07. The lowest BCUT2D eigenvalue weighted by atomic mass is 9.68. The molecule has 0 amide bonds. The lowest BCUT2D eigenvalue weighted by Gasteiger charge is -2.46. The van der Waals surface area contributed by atoms with Gasteiger partial charge in [0.2, 0.25) is 0 Å². The normalized spacial score (nSPS) is 25.7. The number of aliphatic hydroxyl groups is 1. The zero-order chi connectivity index (χ0) is 10.7. The van der Waals surface area contributed by atoms with E-state index < -0.39 is 5.60 Å². The van der Waals surface area contributed by atoms with Crippen LogP contribution in [0.15, 0.2) is 0 Å². The van der Waals surface area contributed by atoms with Crippen LogP contribution < -0.4 is 5.73 Å². The standard InChI is InChI=1S/C10H21NO3/c1-9(12,8-13-2)10(7-11)3-5-14-6-4-10/h12H,3-8,11H2,1-2H3. The van der Waals surface area contributed by atoms with E-state index in [2.05, 4.69) is 0 Å². The minimum Gasteiger partial charge on any atom is -0.387 e. The van der Waals surface area contributed by atoms with Crippen molar-refractivity contribution in [2.45, 2.75) is 25.4 Å². The molecule has 1 saturated heterocycles. The molecule has 0 aliphatic carbocycles. The van der Waals surface area contributed by atoms with Crippen molar-refractivity contribution in [3.8, 4) is 0 Å². The summed E-state index contributed by atoms with van der Waals surface area (Å²) in [6.07, 6.45) is 1.61. The second-order valence-electron chi connectivity index (χ2n) is 4.30. The SMILES string of the molecule is COCC(C)(O)C1(CN)CCOCC1. The van der Waals surface area contributed by atoms with Gasteiger partial charge in [-0.3, -0.25) is 0 Å². The fourth-order valence-electron chi connectivity index (χ4n) is 2.16. The Morgan fingerprint density at radius 1 is 1.50 bits per heavy atom. The molecule has 1 atom stereocenters. The fourth-order valence-corrected chi connectivity index (χ4v) is 2.16. The summed E-state index contributed by atoms with van der Waals surface area (Å²) in [5.74, 6) is 0. The van der Waals surface area contributed by atoms with Gasteiger partial charge in [-0.1, -0.05) is 0 Å². The molecule has 0 bridgehead atoms. The molecule has 4 nitrogen and oxygen atoms in total. The lowest BCUT2D eigenvalue weighted by Crippen LogP contribution is -2.55. The van der Waals surface area contributed by atoms with Crippen LogP contribution in [0.4, 0.5) is 0 Å². The van der Waals surface area contributed by atoms with Crippen molar-refractivity contribution in [1.29, 1.82) is 0 Å². The molecule has 4 heteroatoms. The maximum atomic E-state index is 10.3. The molecule has 0 radical (unpaired) electrons. The predicted molar refractivity (Wildman–Crippen MR) is 54.0 cm³/mol. The van der Waals surface area contributed by atoms with Gasteiger partial charge >= 0.3 is 0 Å². The third-order valence-corrected chi connectivity index (χ3v) is 3.41. The third kappa shape index (κ3) is 2.08. The number of methoxy groups -OCH3 is 1. The summed E-state index contributed by atoms with van der Waals surface area (Å²) in [6, 6.07) is 0. The molecule has 1 aliphatic heterocycles. The molecule has 1 aliphatic rings. The predicted octanol–water partition coefficient (Wildman–Crippen LogP) is 0.139. The van der Waals surface area contributed by atoms with Crippen molar-refractivity contribution < 1.29 is 14.6 Å². The first-order chi connectivity index (χ1) is 6.58. The van der Waals surface area contributed by atoms with Gasteiger partial charge in [0.15, 0.2) is 0 Å². The van der Waals surface area contributed by atoms with Crippen molar-refractivity contribution in [3.05, 3.63) is 0 Å². The highest BCUT2D eigenvalue weighted by atomic mass is 16.5. The fraction of sp³-hybridized carbons (Fsp3) is 1.00. The van der Waals surface area contributed by atoms with Gasteiger partial charge in [-0.25, -0.2) is 0 Å². The van der Waals surface area contributed by atoms with Crippen molar-refractivity contribution in [2.75, 3.05) is 33.5 Å². The van der Waals surface area contributed by atoms with Crippen LogP contribution in [0.25, 0.3) is 0 Å². The monoisotopic (exact) mass is 203 g/mol. The number of ether oxygens (including phenoxy) is 2. The smallest absolute Gasteiger partial charge is 0.0921 e. The molecule has 84 valence electrons. The van der Waals surface area contributed by atoms with Crippen molar-refractivity contribution >= 4 is 0 Å². The summed E-state index contributed by atoms with van der Waals surface area (Å²) in [6.45, 7) is 3.96. The van der Waals surface area contributed by atoms with Gasteiger partial charge in [0.1, 0.15) is 0 Å². The van der Waals surface area contributed by atoms with Gasteiger partial charge in [0, 0.05) is 32.3 Å². The van der Waals surface area contributed by atoms with E-state index in [0.717, 1.165) is 12.8 Å². The largest absolute Gasteiger partial charge is 0.387 e. The van der Waals surface area contributed by atoms with E-state index in [9.17, 15) is 5.11 Å². The Balaban J connectivity index is 2.75. The second kappa shape index (κ2) is 4.57. The molecule has 1 unspecified atom stereocenters. The van der Waals surface area contributed by atoms with E-state index in [1.54, 1.807) is 14.0 Å². The molecule has 1 fully saturated rings. The number of nitrogens with two attached hydrogens (primary N) is 1. The lowest BCUT2D eigenvalue weighted by molar-refractivity contribution is -0.145. The summed E-state index contributed by atoms with van der Waals surface area (Å²) in [7, 11) is 1.60. The van der Waals surface area contributed by atoms with Crippen LogP contribution in [0.1, 0.15) is 19.8 Å². The average molecular weight is 203 g/mol. The molecule has 3 N–H and O–H groups in total. The van der Waals surface area contributed by atoms with Crippen molar-refractivity contribution in [3.63, 3.8) is 0 Å². The van der Waals surface area contributed by atoms with Crippen LogP contribution in [-0.2, 0) is 9.47 Å². The van der Waals surface area contributed by atoms with Gasteiger partial charge in [-0.15, -0.1) is 0 Å². The van der Waals surface area contributed by atoms with E-state index in [4.69, 9.17) is 15.2 Å². The molecule has 1 rings (SSSR count). The summed E-state index contributed by atoms with van der Waals surface area (Å²) in [5.41, 5.74) is 4.67. The molecule has 0 aromatic rings. The minimum atomic E-state index is -0.861. The molecular formula is C10H21NO3. The van der Waals surface area contributed by atoms with Crippen molar-refractivity contribution in [2.24, 2.45) is 11.1 Å². The summed E-state index contributed by atoms with van der Waals surface area (Å²) in [4.78, 5) is 0.